The summed E-state index contributed by atoms with van der Waals surface area (Å²) in [5, 5.41) is 0. The molecule has 90 valence electrons. The summed E-state index contributed by atoms with van der Waals surface area (Å²) in [6, 6.07) is 0.697. The molecule has 0 aromatic heterocycles. The lowest BCUT2D eigenvalue weighted by atomic mass is 9.53. The van der Waals surface area contributed by atoms with E-state index in [0.717, 1.165) is 11.3 Å². The SMILES string of the molecule is CC(C)(C)C1=NC2CCCC3(CCC3)C2C1. The summed E-state index contributed by atoms with van der Waals surface area (Å²) in [4.78, 5) is 5.08. The minimum atomic E-state index is 0.308. The molecule has 1 aliphatic heterocycles. The molecule has 2 saturated carbocycles. The normalized spacial score (nSPS) is 36.8. The Bertz CT molecular complexity index is 317. The van der Waals surface area contributed by atoms with Crippen molar-refractivity contribution in [3.8, 4) is 0 Å². The van der Waals surface area contributed by atoms with Gasteiger partial charge in [-0.3, -0.25) is 4.99 Å². The van der Waals surface area contributed by atoms with E-state index in [9.17, 15) is 0 Å². The first kappa shape index (κ1) is 10.8. The summed E-state index contributed by atoms with van der Waals surface area (Å²) in [6.45, 7) is 6.99. The first-order chi connectivity index (χ1) is 7.51. The standard InChI is InChI=1S/C15H25N/c1-14(2,3)13-10-11-12(16-13)6-4-7-15(11)8-5-9-15/h11-12H,4-10H2,1-3H3. The van der Waals surface area contributed by atoms with Crippen molar-refractivity contribution in [1.29, 1.82) is 0 Å². The lowest BCUT2D eigenvalue weighted by molar-refractivity contribution is 0.00480. The molecule has 2 fully saturated rings. The fourth-order valence-electron chi connectivity index (χ4n) is 4.18. The minimum Gasteiger partial charge on any atom is -0.290 e. The van der Waals surface area contributed by atoms with Gasteiger partial charge >= 0.3 is 0 Å². The van der Waals surface area contributed by atoms with E-state index in [2.05, 4.69) is 20.8 Å². The van der Waals surface area contributed by atoms with Gasteiger partial charge in [0.05, 0.1) is 6.04 Å². The van der Waals surface area contributed by atoms with Gasteiger partial charge in [0, 0.05) is 5.71 Å². The van der Waals surface area contributed by atoms with Crippen LogP contribution in [-0.2, 0) is 0 Å². The Morgan fingerprint density at radius 3 is 2.38 bits per heavy atom. The zero-order valence-electron chi connectivity index (χ0n) is 11.1. The highest BCUT2D eigenvalue weighted by Gasteiger charge is 2.52. The molecule has 0 radical (unpaired) electrons. The van der Waals surface area contributed by atoms with Crippen LogP contribution in [0.5, 0.6) is 0 Å². The first-order valence-electron chi connectivity index (χ1n) is 7.08. The van der Waals surface area contributed by atoms with Gasteiger partial charge in [0.2, 0.25) is 0 Å². The highest BCUT2D eigenvalue weighted by molar-refractivity contribution is 5.91. The van der Waals surface area contributed by atoms with Crippen LogP contribution in [0.15, 0.2) is 4.99 Å². The molecule has 0 amide bonds. The lowest BCUT2D eigenvalue weighted by Gasteiger charge is -2.51. The molecule has 0 aromatic rings. The van der Waals surface area contributed by atoms with Crippen molar-refractivity contribution in [1.82, 2.24) is 0 Å². The first-order valence-corrected chi connectivity index (χ1v) is 7.08. The summed E-state index contributed by atoms with van der Waals surface area (Å²) >= 11 is 0. The van der Waals surface area contributed by atoms with Crippen molar-refractivity contribution >= 4 is 5.71 Å². The predicted octanol–water partition coefficient (Wildman–Crippen LogP) is 4.22. The summed E-state index contributed by atoms with van der Waals surface area (Å²) in [6.07, 6.45) is 10.1. The molecule has 1 heterocycles. The maximum Gasteiger partial charge on any atom is 0.0536 e. The summed E-state index contributed by atoms with van der Waals surface area (Å²) in [5.41, 5.74) is 2.55. The second-order valence-corrected chi connectivity index (χ2v) is 7.31. The van der Waals surface area contributed by atoms with Gasteiger partial charge in [-0.05, 0) is 48.9 Å². The Hall–Kier alpha value is -0.330. The molecule has 1 nitrogen and oxygen atoms in total. The van der Waals surface area contributed by atoms with Crippen LogP contribution in [0.3, 0.4) is 0 Å². The largest absolute Gasteiger partial charge is 0.290 e. The van der Waals surface area contributed by atoms with Gasteiger partial charge in [0.1, 0.15) is 0 Å². The maximum absolute atomic E-state index is 5.08. The van der Waals surface area contributed by atoms with Gasteiger partial charge < -0.3 is 0 Å². The van der Waals surface area contributed by atoms with E-state index in [1.54, 1.807) is 0 Å². The topological polar surface area (TPSA) is 12.4 Å². The predicted molar refractivity (Wildman–Crippen MR) is 68.9 cm³/mol. The molecule has 2 atom stereocenters. The van der Waals surface area contributed by atoms with E-state index in [0.29, 0.717) is 11.5 Å². The molecule has 2 unspecified atom stereocenters. The fraction of sp³-hybridized carbons (Fsp3) is 0.933. The van der Waals surface area contributed by atoms with Crippen molar-refractivity contribution in [2.45, 2.75) is 71.8 Å². The van der Waals surface area contributed by atoms with E-state index in [1.165, 1.54) is 50.7 Å². The molecule has 0 N–H and O–H groups in total. The molecule has 16 heavy (non-hydrogen) atoms. The van der Waals surface area contributed by atoms with Crippen LogP contribution in [0, 0.1) is 16.7 Å². The van der Waals surface area contributed by atoms with Crippen molar-refractivity contribution in [3.05, 3.63) is 0 Å². The monoisotopic (exact) mass is 219 g/mol. The third-order valence-electron chi connectivity index (χ3n) is 5.38. The molecule has 1 heteroatoms. The molecule has 2 aliphatic carbocycles. The van der Waals surface area contributed by atoms with Crippen LogP contribution < -0.4 is 0 Å². The van der Waals surface area contributed by atoms with Gasteiger partial charge in [-0.25, -0.2) is 0 Å². The number of aliphatic imine (C=N–C) groups is 1. The second-order valence-electron chi connectivity index (χ2n) is 7.31. The van der Waals surface area contributed by atoms with E-state index < -0.39 is 0 Å². The van der Waals surface area contributed by atoms with Crippen molar-refractivity contribution in [2.75, 3.05) is 0 Å². The third kappa shape index (κ3) is 1.47. The fourth-order valence-corrected chi connectivity index (χ4v) is 4.18. The number of fused-ring (bicyclic) bond motifs is 2. The van der Waals surface area contributed by atoms with Crippen LogP contribution in [0.2, 0.25) is 0 Å². The number of hydrogen-bond acceptors (Lipinski definition) is 1. The van der Waals surface area contributed by atoms with Crippen LogP contribution in [0.4, 0.5) is 0 Å². The van der Waals surface area contributed by atoms with Crippen LogP contribution in [-0.4, -0.2) is 11.8 Å². The average Bonchev–Trinajstić information content (AvgIpc) is 2.57. The van der Waals surface area contributed by atoms with Crippen molar-refractivity contribution < 1.29 is 0 Å². The van der Waals surface area contributed by atoms with Gasteiger partial charge in [-0.15, -0.1) is 0 Å². The number of hydrogen-bond donors (Lipinski definition) is 0. The van der Waals surface area contributed by atoms with Gasteiger partial charge in [0.15, 0.2) is 0 Å². The van der Waals surface area contributed by atoms with Gasteiger partial charge in [-0.2, -0.15) is 0 Å². The zero-order valence-corrected chi connectivity index (χ0v) is 11.1. The van der Waals surface area contributed by atoms with Crippen LogP contribution >= 0.6 is 0 Å². The third-order valence-corrected chi connectivity index (χ3v) is 5.38. The van der Waals surface area contributed by atoms with Crippen molar-refractivity contribution in [3.63, 3.8) is 0 Å². The number of rotatable bonds is 0. The van der Waals surface area contributed by atoms with E-state index in [4.69, 9.17) is 4.99 Å². The Balaban J connectivity index is 1.83. The maximum atomic E-state index is 5.08. The van der Waals surface area contributed by atoms with Crippen LogP contribution in [0.25, 0.3) is 0 Å². The average molecular weight is 219 g/mol. The van der Waals surface area contributed by atoms with Crippen molar-refractivity contribution in [2.24, 2.45) is 21.7 Å². The quantitative estimate of drug-likeness (QED) is 0.578. The molecule has 0 saturated heterocycles. The lowest BCUT2D eigenvalue weighted by Crippen LogP contribution is -2.44. The molecular formula is C15H25N. The molecule has 3 rings (SSSR count). The Kier molecular flexibility index (Phi) is 2.25. The minimum absolute atomic E-state index is 0.308. The molecule has 0 aromatic carbocycles. The Labute approximate surface area is 99.7 Å². The van der Waals surface area contributed by atoms with E-state index in [-0.39, 0.29) is 0 Å². The molecular weight excluding hydrogens is 194 g/mol. The highest BCUT2D eigenvalue weighted by Crippen LogP contribution is 2.58. The Morgan fingerprint density at radius 2 is 1.81 bits per heavy atom. The number of nitrogens with zero attached hydrogens (tertiary/aromatic N) is 1. The summed E-state index contributed by atoms with van der Waals surface area (Å²) in [5.74, 6) is 0.921. The summed E-state index contributed by atoms with van der Waals surface area (Å²) in [7, 11) is 0. The van der Waals surface area contributed by atoms with E-state index in [1.807, 2.05) is 0 Å². The highest BCUT2D eigenvalue weighted by atomic mass is 14.9. The van der Waals surface area contributed by atoms with E-state index >= 15 is 0 Å². The summed E-state index contributed by atoms with van der Waals surface area (Å²) < 4.78 is 0. The van der Waals surface area contributed by atoms with Gasteiger partial charge in [-0.1, -0.05) is 33.6 Å². The van der Waals surface area contributed by atoms with Crippen LogP contribution in [0.1, 0.15) is 65.7 Å². The molecule has 1 spiro atoms. The zero-order chi connectivity index (χ0) is 11.4. The Morgan fingerprint density at radius 1 is 1.12 bits per heavy atom. The second kappa shape index (κ2) is 3.34. The van der Waals surface area contributed by atoms with Gasteiger partial charge in [0.25, 0.3) is 0 Å². The molecule has 3 aliphatic rings. The molecule has 0 bridgehead atoms. The smallest absolute Gasteiger partial charge is 0.0536 e.